The van der Waals surface area contributed by atoms with Crippen LogP contribution in [0.3, 0.4) is 0 Å². The van der Waals surface area contributed by atoms with E-state index >= 15 is 0 Å². The number of nitrogens with zero attached hydrogens (tertiary/aromatic N) is 4. The van der Waals surface area contributed by atoms with Crippen LogP contribution in [0.2, 0.25) is 0 Å². The zero-order valence-electron chi connectivity index (χ0n) is 17.8. The number of allylic oxidation sites excluding steroid dienone is 2. The number of hydrogen-bond acceptors (Lipinski definition) is 6. The second-order valence-electron chi connectivity index (χ2n) is 7.84. The molecule has 158 valence electrons. The number of hydrogen-bond donors (Lipinski definition) is 1. The molecule has 1 N–H and O–H groups in total. The molecule has 4 heterocycles. The highest BCUT2D eigenvalue weighted by molar-refractivity contribution is 7.98. The number of para-hydroxylation sites is 1. The fraction of sp³-hybridized carbons (Fsp3) is 0.261. The number of thioether (sulfide) groups is 1. The number of carbonyl (C=O) groups excluding carboxylic acids is 1. The molecule has 0 aliphatic carbocycles. The lowest BCUT2D eigenvalue weighted by molar-refractivity contribution is -0.114. The van der Waals surface area contributed by atoms with E-state index in [1.54, 1.807) is 11.8 Å². The lowest BCUT2D eigenvalue weighted by Crippen LogP contribution is -2.24. The van der Waals surface area contributed by atoms with Gasteiger partial charge in [-0.3, -0.25) is 4.79 Å². The van der Waals surface area contributed by atoms with Crippen LogP contribution in [0.4, 0.5) is 5.13 Å². The molecule has 8 heteroatoms. The molecule has 0 spiro atoms. The molecule has 0 fully saturated rings. The molecule has 0 saturated carbocycles. The summed E-state index contributed by atoms with van der Waals surface area (Å²) in [5.74, 6) is 0.649. The van der Waals surface area contributed by atoms with Crippen molar-refractivity contribution in [2.75, 3.05) is 12.4 Å². The van der Waals surface area contributed by atoms with Gasteiger partial charge in [-0.2, -0.15) is 5.10 Å². The molecular weight excluding hydrogens is 426 g/mol. The second-order valence-corrected chi connectivity index (χ2v) is 9.82. The number of aromatic nitrogens is 3. The zero-order chi connectivity index (χ0) is 21.7. The number of thiazole rings is 1. The van der Waals surface area contributed by atoms with Gasteiger partial charge in [0.15, 0.2) is 5.13 Å². The van der Waals surface area contributed by atoms with E-state index in [1.807, 2.05) is 16.8 Å². The minimum Gasteiger partial charge on any atom is -0.374 e. The Morgan fingerprint density at radius 2 is 2.10 bits per heavy atom. The van der Waals surface area contributed by atoms with Gasteiger partial charge in [0.1, 0.15) is 11.4 Å². The maximum absolute atomic E-state index is 11.6. The quantitative estimate of drug-likeness (QED) is 0.603. The predicted molar refractivity (Wildman–Crippen MR) is 128 cm³/mol. The van der Waals surface area contributed by atoms with Crippen LogP contribution < -0.4 is 5.32 Å². The van der Waals surface area contributed by atoms with Crippen LogP contribution in [0.5, 0.6) is 0 Å². The number of benzene rings is 1. The Morgan fingerprint density at radius 1 is 1.29 bits per heavy atom. The normalized spacial score (nSPS) is 17.2. The fourth-order valence-corrected chi connectivity index (χ4v) is 6.11. The van der Waals surface area contributed by atoms with Crippen LogP contribution in [0.15, 0.2) is 47.5 Å². The summed E-state index contributed by atoms with van der Waals surface area (Å²) in [6, 6.07) is 8.64. The van der Waals surface area contributed by atoms with Crippen molar-refractivity contribution in [3.63, 3.8) is 0 Å². The molecule has 5 rings (SSSR count). The fourth-order valence-electron chi connectivity index (χ4n) is 3.78. The van der Waals surface area contributed by atoms with Crippen LogP contribution in [0, 0.1) is 6.92 Å². The molecule has 6 nitrogen and oxygen atoms in total. The Hall–Kier alpha value is -2.84. The number of amides is 1. The summed E-state index contributed by atoms with van der Waals surface area (Å²) in [5, 5.41) is 8.60. The average Bonchev–Trinajstić information content (AvgIpc) is 3.30. The summed E-state index contributed by atoms with van der Waals surface area (Å²) < 4.78 is 2.05. The predicted octanol–water partition coefficient (Wildman–Crippen LogP) is 5.10. The SMILES string of the molecule is CC(=O)Nc1nc2c(s1)-c1c(c(C3=CN(C)C(C)C=C3)nn1-c1ccccc1C)SC2. The minimum absolute atomic E-state index is 0.110. The van der Waals surface area contributed by atoms with Crippen LogP contribution in [-0.4, -0.2) is 38.7 Å². The second kappa shape index (κ2) is 7.69. The van der Waals surface area contributed by atoms with Gasteiger partial charge in [0.2, 0.25) is 5.91 Å². The monoisotopic (exact) mass is 449 g/mol. The number of fused-ring (bicyclic) bond motifs is 3. The summed E-state index contributed by atoms with van der Waals surface area (Å²) in [6.07, 6.45) is 6.54. The molecule has 1 aromatic carbocycles. The highest BCUT2D eigenvalue weighted by atomic mass is 32.2. The Kier molecular flexibility index (Phi) is 4.98. The van der Waals surface area contributed by atoms with Crippen molar-refractivity contribution in [1.29, 1.82) is 0 Å². The lowest BCUT2D eigenvalue weighted by atomic mass is 10.1. The molecule has 2 aromatic heterocycles. The summed E-state index contributed by atoms with van der Waals surface area (Å²) >= 11 is 3.28. The van der Waals surface area contributed by atoms with E-state index in [1.165, 1.54) is 18.3 Å². The van der Waals surface area contributed by atoms with Crippen molar-refractivity contribution >= 4 is 39.7 Å². The third kappa shape index (κ3) is 3.49. The molecule has 0 bridgehead atoms. The van der Waals surface area contributed by atoms with E-state index < -0.39 is 0 Å². The smallest absolute Gasteiger partial charge is 0.223 e. The van der Waals surface area contributed by atoms with E-state index in [0.717, 1.165) is 49.4 Å². The van der Waals surface area contributed by atoms with Gasteiger partial charge < -0.3 is 10.2 Å². The van der Waals surface area contributed by atoms with Crippen LogP contribution in [0.25, 0.3) is 21.8 Å². The van der Waals surface area contributed by atoms with E-state index in [9.17, 15) is 4.79 Å². The van der Waals surface area contributed by atoms with Crippen molar-refractivity contribution < 1.29 is 4.79 Å². The van der Waals surface area contributed by atoms with Crippen molar-refractivity contribution in [3.05, 3.63) is 59.6 Å². The van der Waals surface area contributed by atoms with Crippen molar-refractivity contribution in [1.82, 2.24) is 19.7 Å². The molecule has 2 aliphatic rings. The maximum Gasteiger partial charge on any atom is 0.223 e. The van der Waals surface area contributed by atoms with Crippen molar-refractivity contribution in [3.8, 4) is 16.3 Å². The molecule has 1 unspecified atom stereocenters. The average molecular weight is 450 g/mol. The molecule has 0 saturated heterocycles. The molecule has 1 atom stereocenters. The van der Waals surface area contributed by atoms with Gasteiger partial charge in [0, 0.05) is 37.5 Å². The van der Waals surface area contributed by atoms with Gasteiger partial charge in [0.25, 0.3) is 0 Å². The largest absolute Gasteiger partial charge is 0.374 e. The van der Waals surface area contributed by atoms with Crippen LogP contribution in [-0.2, 0) is 10.5 Å². The van der Waals surface area contributed by atoms with Gasteiger partial charge in [-0.25, -0.2) is 9.67 Å². The first-order valence-electron chi connectivity index (χ1n) is 10.1. The molecule has 2 aliphatic heterocycles. The van der Waals surface area contributed by atoms with Crippen molar-refractivity contribution in [2.24, 2.45) is 0 Å². The number of aryl methyl sites for hydroxylation is 1. The highest BCUT2D eigenvalue weighted by Crippen LogP contribution is 2.49. The summed E-state index contributed by atoms with van der Waals surface area (Å²) in [7, 11) is 2.09. The summed E-state index contributed by atoms with van der Waals surface area (Å²) in [6.45, 7) is 5.79. The van der Waals surface area contributed by atoms with Gasteiger partial charge >= 0.3 is 0 Å². The Labute approximate surface area is 189 Å². The highest BCUT2D eigenvalue weighted by Gasteiger charge is 2.31. The molecule has 1 amide bonds. The van der Waals surface area contributed by atoms with E-state index in [2.05, 4.69) is 66.6 Å². The van der Waals surface area contributed by atoms with Gasteiger partial charge in [-0.15, -0.1) is 11.8 Å². The van der Waals surface area contributed by atoms with E-state index in [4.69, 9.17) is 5.10 Å². The lowest BCUT2D eigenvalue weighted by Gasteiger charge is -2.24. The van der Waals surface area contributed by atoms with E-state index in [0.29, 0.717) is 11.2 Å². The third-order valence-electron chi connectivity index (χ3n) is 5.55. The molecular formula is C23H23N5OS2. The third-order valence-corrected chi connectivity index (χ3v) is 7.66. The standard InChI is InChI=1S/C23H23N5OS2/c1-13-7-5-6-8-18(13)28-20-21-17(25-23(31-21)24-15(3)29)12-30-22(20)19(26-28)16-10-9-14(2)27(4)11-16/h5-11,14H,12H2,1-4H3,(H,24,25,29). The van der Waals surface area contributed by atoms with Crippen molar-refractivity contribution in [2.45, 2.75) is 37.5 Å². The Balaban J connectivity index is 1.73. The Morgan fingerprint density at radius 3 is 2.84 bits per heavy atom. The first-order valence-corrected chi connectivity index (χ1v) is 11.9. The Bertz CT molecular complexity index is 1250. The van der Waals surface area contributed by atoms with Crippen LogP contribution in [0.1, 0.15) is 30.8 Å². The first-order chi connectivity index (χ1) is 14.9. The number of nitrogens with one attached hydrogen (secondary N) is 1. The van der Waals surface area contributed by atoms with Crippen LogP contribution >= 0.6 is 23.1 Å². The summed E-state index contributed by atoms with van der Waals surface area (Å²) in [5.41, 5.74) is 6.34. The number of rotatable bonds is 3. The topological polar surface area (TPSA) is 63.1 Å². The molecule has 0 radical (unpaired) electrons. The first kappa shape index (κ1) is 20.1. The summed E-state index contributed by atoms with van der Waals surface area (Å²) in [4.78, 5) is 20.7. The van der Waals surface area contributed by atoms with Gasteiger partial charge in [0.05, 0.1) is 21.2 Å². The zero-order valence-corrected chi connectivity index (χ0v) is 19.5. The molecule has 31 heavy (non-hydrogen) atoms. The molecule has 3 aromatic rings. The number of likely N-dealkylation sites (N-methyl/N-ethyl adjacent to an activating group) is 1. The number of anilines is 1. The minimum atomic E-state index is -0.110. The number of carbonyl (C=O) groups is 1. The van der Waals surface area contributed by atoms with Gasteiger partial charge in [-0.1, -0.05) is 41.7 Å². The maximum atomic E-state index is 11.6. The van der Waals surface area contributed by atoms with Gasteiger partial charge in [-0.05, 0) is 25.5 Å². The van der Waals surface area contributed by atoms with E-state index in [-0.39, 0.29) is 5.91 Å².